The van der Waals surface area contributed by atoms with Crippen LogP contribution >= 0.6 is 0 Å². The molecule has 0 saturated heterocycles. The highest BCUT2D eigenvalue weighted by Crippen LogP contribution is 2.44. The summed E-state index contributed by atoms with van der Waals surface area (Å²) in [5, 5.41) is 5.00. The lowest BCUT2D eigenvalue weighted by Crippen LogP contribution is -2.59. The van der Waals surface area contributed by atoms with Crippen molar-refractivity contribution in [2.24, 2.45) is 0 Å². The fourth-order valence-corrected chi connectivity index (χ4v) is 12.0. The molecule has 338 valence electrons. The summed E-state index contributed by atoms with van der Waals surface area (Å²) in [7, 11) is 0. The van der Waals surface area contributed by atoms with Crippen LogP contribution in [0.3, 0.4) is 0 Å². The van der Waals surface area contributed by atoms with Crippen LogP contribution in [0.25, 0.3) is 111 Å². The monoisotopic (exact) mass is 910 g/mol. The van der Waals surface area contributed by atoms with E-state index in [1.807, 2.05) is 12.3 Å². The van der Waals surface area contributed by atoms with Crippen LogP contribution in [0.4, 0.5) is 0 Å². The van der Waals surface area contributed by atoms with Crippen molar-refractivity contribution in [2.75, 3.05) is 0 Å². The summed E-state index contributed by atoms with van der Waals surface area (Å²) in [5.41, 5.74) is 25.6. The second-order valence-corrected chi connectivity index (χ2v) is 21.9. The first kappa shape index (κ1) is 41.7. The third-order valence-corrected chi connectivity index (χ3v) is 15.6. The van der Waals surface area contributed by atoms with Crippen LogP contribution in [0, 0.1) is 0 Å². The SMILES string of the molecule is CC(C)(C)c1ccc(-c2cc3c4c(c2)c2cc(-c5ccccc5)ccc2n4-c2cc(-c4ccncn4)cc4c2B3c2cc(-c3ccc(C(C)(C)C)cc3)cc3c5cc(-c6ccccc6)ccc5n-4c23)cc1. The van der Waals surface area contributed by atoms with Crippen LogP contribution in [-0.4, -0.2) is 25.8 Å². The van der Waals surface area contributed by atoms with Gasteiger partial charge in [0, 0.05) is 55.7 Å². The van der Waals surface area contributed by atoms with Gasteiger partial charge in [-0.15, -0.1) is 0 Å². The van der Waals surface area contributed by atoms with Crippen molar-refractivity contribution >= 4 is 66.7 Å². The minimum Gasteiger partial charge on any atom is -0.310 e. The van der Waals surface area contributed by atoms with Crippen molar-refractivity contribution in [1.82, 2.24) is 19.1 Å². The van der Waals surface area contributed by atoms with Gasteiger partial charge in [-0.3, -0.25) is 0 Å². The molecule has 5 heteroatoms. The molecule has 2 aliphatic rings. The van der Waals surface area contributed by atoms with Gasteiger partial charge >= 0.3 is 0 Å². The van der Waals surface area contributed by atoms with Crippen LogP contribution in [-0.2, 0) is 10.8 Å². The van der Waals surface area contributed by atoms with Gasteiger partial charge in [-0.1, -0.05) is 175 Å². The molecule has 0 amide bonds. The van der Waals surface area contributed by atoms with E-state index < -0.39 is 0 Å². The van der Waals surface area contributed by atoms with Gasteiger partial charge in [-0.25, -0.2) is 9.97 Å². The first-order valence-electron chi connectivity index (χ1n) is 25.0. The molecule has 0 unspecified atom stereocenters. The molecule has 5 heterocycles. The minimum atomic E-state index is -0.0807. The Kier molecular flexibility index (Phi) is 8.87. The summed E-state index contributed by atoms with van der Waals surface area (Å²) in [6.07, 6.45) is 3.52. The fraction of sp³-hybridized carbons (Fsp3) is 0.121. The van der Waals surface area contributed by atoms with Crippen molar-refractivity contribution in [1.29, 1.82) is 0 Å². The predicted molar refractivity (Wildman–Crippen MR) is 300 cm³/mol. The van der Waals surface area contributed by atoms with Gasteiger partial charge in [0.05, 0.1) is 16.7 Å². The van der Waals surface area contributed by atoms with E-state index in [2.05, 4.69) is 238 Å². The normalized spacial score (nSPS) is 12.9. The number of aromatic nitrogens is 4. The van der Waals surface area contributed by atoms with E-state index in [1.54, 1.807) is 6.33 Å². The van der Waals surface area contributed by atoms with Crippen molar-refractivity contribution in [3.8, 4) is 67.1 Å². The van der Waals surface area contributed by atoms with E-state index in [4.69, 9.17) is 4.98 Å². The number of benzene rings is 9. The molecular formula is C66H51BN4. The molecule has 2 aliphatic heterocycles. The van der Waals surface area contributed by atoms with Crippen LogP contribution in [0.1, 0.15) is 52.7 Å². The van der Waals surface area contributed by atoms with Gasteiger partial charge in [0.1, 0.15) is 6.33 Å². The maximum atomic E-state index is 4.89. The predicted octanol–water partition coefficient (Wildman–Crippen LogP) is 14.7. The maximum Gasteiger partial charge on any atom is 0.252 e. The van der Waals surface area contributed by atoms with Crippen molar-refractivity contribution in [3.63, 3.8) is 0 Å². The quantitative estimate of drug-likeness (QED) is 0.161. The molecule has 0 aliphatic carbocycles. The van der Waals surface area contributed by atoms with Crippen molar-refractivity contribution in [2.45, 2.75) is 52.4 Å². The van der Waals surface area contributed by atoms with Crippen LogP contribution < -0.4 is 16.4 Å². The van der Waals surface area contributed by atoms with Crippen LogP contribution in [0.15, 0.2) is 201 Å². The molecule has 0 atom stereocenters. The lowest BCUT2D eigenvalue weighted by atomic mass is 9.34. The molecule has 3 aromatic heterocycles. The van der Waals surface area contributed by atoms with E-state index in [1.165, 1.54) is 127 Å². The van der Waals surface area contributed by atoms with Gasteiger partial charge in [-0.05, 0) is 137 Å². The highest BCUT2D eigenvalue weighted by Gasteiger charge is 2.42. The minimum absolute atomic E-state index is 0.0480. The summed E-state index contributed by atoms with van der Waals surface area (Å²) in [5.74, 6) is 0. The lowest BCUT2D eigenvalue weighted by Gasteiger charge is -2.34. The van der Waals surface area contributed by atoms with E-state index in [9.17, 15) is 0 Å². The zero-order valence-electron chi connectivity index (χ0n) is 40.9. The molecular weight excluding hydrogens is 860 g/mol. The fourth-order valence-electron chi connectivity index (χ4n) is 12.0. The Morgan fingerprint density at radius 2 is 0.803 bits per heavy atom. The van der Waals surface area contributed by atoms with E-state index >= 15 is 0 Å². The third kappa shape index (κ3) is 6.38. The number of fused-ring (bicyclic) bond motifs is 10. The zero-order chi connectivity index (χ0) is 47.9. The topological polar surface area (TPSA) is 35.6 Å². The first-order valence-corrected chi connectivity index (χ1v) is 25.0. The summed E-state index contributed by atoms with van der Waals surface area (Å²) in [6, 6.07) is 71.2. The van der Waals surface area contributed by atoms with Gasteiger partial charge in [-0.2, -0.15) is 0 Å². The first-order chi connectivity index (χ1) is 34.5. The second kappa shape index (κ2) is 15.1. The highest BCUT2D eigenvalue weighted by molar-refractivity contribution is 7.00. The molecule has 0 spiro atoms. The van der Waals surface area contributed by atoms with E-state index in [-0.39, 0.29) is 17.5 Å². The smallest absolute Gasteiger partial charge is 0.252 e. The van der Waals surface area contributed by atoms with E-state index in [0.717, 1.165) is 11.3 Å². The molecule has 71 heavy (non-hydrogen) atoms. The van der Waals surface area contributed by atoms with E-state index in [0.29, 0.717) is 0 Å². The highest BCUT2D eigenvalue weighted by atomic mass is 15.0. The average molecular weight is 911 g/mol. The third-order valence-electron chi connectivity index (χ3n) is 15.6. The molecule has 0 saturated carbocycles. The number of hydrogen-bond donors (Lipinski definition) is 0. The summed E-state index contributed by atoms with van der Waals surface area (Å²) >= 11 is 0. The largest absolute Gasteiger partial charge is 0.310 e. The van der Waals surface area contributed by atoms with Crippen molar-refractivity contribution in [3.05, 3.63) is 212 Å². The maximum absolute atomic E-state index is 4.89. The number of nitrogens with zero attached hydrogens (tertiary/aromatic N) is 4. The molecule has 0 N–H and O–H groups in total. The number of rotatable bonds is 5. The Morgan fingerprint density at radius 3 is 1.23 bits per heavy atom. The molecule has 14 rings (SSSR count). The molecule has 0 radical (unpaired) electrons. The van der Waals surface area contributed by atoms with Crippen molar-refractivity contribution < 1.29 is 0 Å². The molecule has 4 nitrogen and oxygen atoms in total. The van der Waals surface area contributed by atoms with Crippen LogP contribution in [0.2, 0.25) is 0 Å². The lowest BCUT2D eigenvalue weighted by molar-refractivity contribution is 0.590. The second-order valence-electron chi connectivity index (χ2n) is 21.9. The summed E-state index contributed by atoms with van der Waals surface area (Å²) < 4.78 is 5.16. The molecule has 0 fully saturated rings. The molecule has 12 aromatic rings. The Morgan fingerprint density at radius 1 is 0.380 bits per heavy atom. The standard InChI is InChI=1S/C66H51BN4/c1-65(2,3)49-23-17-42(18-24-49)46-33-53-51-31-44(40-13-9-7-10-14-40)21-27-58(51)70-60-37-48(57-29-30-68-39-69-57)38-61-62(60)67(55(35-46)63(53)70)56-36-47(43-19-25-50(26-20-43)66(4,5)6)34-54-52-32-45(41-15-11-8-12-16-41)22-28-59(52)71(61)64(54)56/h7-39H,1-6H3. The Bertz CT molecular complexity index is 3890. The van der Waals surface area contributed by atoms with Gasteiger partial charge in [0.2, 0.25) is 0 Å². The van der Waals surface area contributed by atoms with Gasteiger partial charge < -0.3 is 9.13 Å². The summed E-state index contributed by atoms with van der Waals surface area (Å²) in [6.45, 7) is 13.7. The van der Waals surface area contributed by atoms with Crippen LogP contribution in [0.5, 0.6) is 0 Å². The molecule has 9 aromatic carbocycles. The zero-order valence-corrected chi connectivity index (χ0v) is 40.9. The average Bonchev–Trinajstić information content (AvgIpc) is 3.92. The summed E-state index contributed by atoms with van der Waals surface area (Å²) in [4.78, 5) is 9.25. The molecule has 0 bridgehead atoms. The van der Waals surface area contributed by atoms with Gasteiger partial charge in [0.25, 0.3) is 6.71 Å². The Balaban J connectivity index is 1.14. The number of hydrogen-bond acceptors (Lipinski definition) is 2. The Labute approximate surface area is 415 Å². The van der Waals surface area contributed by atoms with Gasteiger partial charge in [0.15, 0.2) is 0 Å². The Hall–Kier alpha value is -8.28.